The minimum atomic E-state index is -4.21. The lowest BCUT2D eigenvalue weighted by Crippen LogP contribution is -2.67. The molecule has 3 fully saturated rings. The van der Waals surface area contributed by atoms with E-state index in [0.717, 1.165) is 12.0 Å². The molecule has 2 bridgehead atoms. The molecule has 0 spiro atoms. The van der Waals surface area contributed by atoms with Crippen molar-refractivity contribution in [3.05, 3.63) is 72.8 Å². The van der Waals surface area contributed by atoms with Gasteiger partial charge in [0.25, 0.3) is 0 Å². The Bertz CT molecular complexity index is 1370. The number of hydrogen-bond acceptors (Lipinski definition) is 8. The minimum absolute atomic E-state index is 0.0874. The maximum atomic E-state index is 14.7. The van der Waals surface area contributed by atoms with Crippen molar-refractivity contribution in [3.8, 4) is 5.75 Å². The molecule has 1 aliphatic heterocycles. The highest BCUT2D eigenvalue weighted by Gasteiger charge is 2.73. The monoisotopic (exact) mass is 600 g/mol. The van der Waals surface area contributed by atoms with Crippen LogP contribution in [0, 0.1) is 16.7 Å². The summed E-state index contributed by atoms with van der Waals surface area (Å²) in [6.45, 7) is 11.5. The first-order valence-corrected chi connectivity index (χ1v) is 16.2. The van der Waals surface area contributed by atoms with Gasteiger partial charge in [-0.1, -0.05) is 50.3 Å². The van der Waals surface area contributed by atoms with Gasteiger partial charge in [-0.2, -0.15) is 0 Å². The number of fused-ring (bicyclic) bond motifs is 2. The summed E-state index contributed by atoms with van der Waals surface area (Å²) in [5.41, 5.74) is -2.47. The van der Waals surface area contributed by atoms with Gasteiger partial charge in [0.15, 0.2) is 21.2 Å². The van der Waals surface area contributed by atoms with Crippen LogP contribution in [-0.4, -0.2) is 67.3 Å². The smallest absolute Gasteiger partial charge is 0.184 e. The minimum Gasteiger partial charge on any atom is -0.497 e. The van der Waals surface area contributed by atoms with Crippen molar-refractivity contribution in [2.75, 3.05) is 13.7 Å². The first-order valence-electron chi connectivity index (χ1n) is 14.6. The summed E-state index contributed by atoms with van der Waals surface area (Å²) in [4.78, 5) is 0.0874. The van der Waals surface area contributed by atoms with Gasteiger partial charge in [-0.05, 0) is 74.3 Å². The van der Waals surface area contributed by atoms with E-state index in [0.29, 0.717) is 18.6 Å². The zero-order valence-corrected chi connectivity index (χ0v) is 26.0. The molecule has 230 valence electrons. The predicted octanol–water partition coefficient (Wildman–Crippen LogP) is 4.68. The average molecular weight is 601 g/mol. The molecular weight excluding hydrogens is 556 g/mol. The largest absolute Gasteiger partial charge is 0.497 e. The Morgan fingerprint density at radius 2 is 1.76 bits per heavy atom. The molecule has 2 aliphatic carbocycles. The van der Waals surface area contributed by atoms with Crippen LogP contribution in [0.15, 0.2) is 72.1 Å². The number of rotatable bonds is 11. The van der Waals surface area contributed by atoms with Crippen molar-refractivity contribution >= 4 is 9.84 Å². The fourth-order valence-electron chi connectivity index (χ4n) is 7.98. The van der Waals surface area contributed by atoms with Crippen molar-refractivity contribution in [2.24, 2.45) is 16.7 Å². The number of methoxy groups -OCH3 is 1. The number of benzene rings is 2. The molecule has 0 aromatic heterocycles. The lowest BCUT2D eigenvalue weighted by Gasteiger charge is -2.51. The molecule has 7 atom stereocenters. The van der Waals surface area contributed by atoms with Gasteiger partial charge in [-0.25, -0.2) is 8.42 Å². The van der Waals surface area contributed by atoms with Crippen LogP contribution in [0.2, 0.25) is 0 Å². The lowest BCUT2D eigenvalue weighted by atomic mass is 9.63. The summed E-state index contributed by atoms with van der Waals surface area (Å²) in [6, 6.07) is 15.6. The zero-order valence-electron chi connectivity index (χ0n) is 25.2. The Hall–Kier alpha value is -2.27. The summed E-state index contributed by atoms with van der Waals surface area (Å²) in [5, 5.41) is 22.9. The van der Waals surface area contributed by atoms with E-state index in [1.54, 1.807) is 51.3 Å². The third-order valence-electron chi connectivity index (χ3n) is 10.3. The number of ether oxygens (including phenoxy) is 4. The Kier molecular flexibility index (Phi) is 8.18. The first kappa shape index (κ1) is 31.2. The SMILES string of the molecule is C=C[C@@H](OCc1ccc(OC)cc1)[C@]1([C@@H](O)[C@@H]([C@@]23CC[C@@H](C[C@@H]2O)C3(C)C)S(=O)(=O)c2ccccc2)COC(C)(C)O1. The van der Waals surface area contributed by atoms with E-state index in [1.165, 1.54) is 6.08 Å². The maximum absolute atomic E-state index is 14.7. The summed E-state index contributed by atoms with van der Waals surface area (Å²) in [7, 11) is -2.61. The molecule has 2 N–H and O–H groups in total. The molecule has 0 unspecified atom stereocenters. The van der Waals surface area contributed by atoms with Crippen LogP contribution in [0.1, 0.15) is 52.5 Å². The van der Waals surface area contributed by atoms with Crippen molar-refractivity contribution in [1.82, 2.24) is 0 Å². The summed E-state index contributed by atoms with van der Waals surface area (Å²) >= 11 is 0. The molecule has 0 radical (unpaired) electrons. The topological polar surface area (TPSA) is 112 Å². The van der Waals surface area contributed by atoms with Crippen LogP contribution in [0.5, 0.6) is 5.75 Å². The van der Waals surface area contributed by atoms with Gasteiger partial charge in [0.1, 0.15) is 23.2 Å². The second-order valence-electron chi connectivity index (χ2n) is 13.0. The van der Waals surface area contributed by atoms with E-state index >= 15 is 0 Å². The Balaban J connectivity index is 1.62. The zero-order chi connectivity index (χ0) is 30.6. The number of sulfone groups is 1. The van der Waals surface area contributed by atoms with Gasteiger partial charge < -0.3 is 29.2 Å². The van der Waals surface area contributed by atoms with Crippen molar-refractivity contribution in [2.45, 2.75) is 93.4 Å². The normalized spacial score (nSPS) is 31.9. The molecule has 2 aromatic rings. The highest BCUT2D eigenvalue weighted by atomic mass is 32.2. The van der Waals surface area contributed by atoms with Crippen LogP contribution < -0.4 is 4.74 Å². The average Bonchev–Trinajstić information content (AvgIpc) is 3.49. The van der Waals surface area contributed by atoms with Gasteiger partial charge in [0.2, 0.25) is 0 Å². The molecule has 42 heavy (non-hydrogen) atoms. The van der Waals surface area contributed by atoms with E-state index in [1.807, 2.05) is 38.1 Å². The van der Waals surface area contributed by atoms with Crippen molar-refractivity contribution in [3.63, 3.8) is 0 Å². The number of aliphatic hydroxyl groups is 2. The maximum Gasteiger partial charge on any atom is 0.184 e. The first-order chi connectivity index (χ1) is 19.7. The van der Waals surface area contributed by atoms with Gasteiger partial charge >= 0.3 is 0 Å². The van der Waals surface area contributed by atoms with Gasteiger partial charge in [-0.3, -0.25) is 0 Å². The molecular formula is C33H44O8S. The second-order valence-corrected chi connectivity index (χ2v) is 15.1. The molecule has 2 saturated carbocycles. The molecule has 0 amide bonds. The van der Waals surface area contributed by atoms with Crippen molar-refractivity contribution in [1.29, 1.82) is 0 Å². The van der Waals surface area contributed by atoms with Crippen molar-refractivity contribution < 1.29 is 37.6 Å². The quantitative estimate of drug-likeness (QED) is 0.358. The van der Waals surface area contributed by atoms with Crippen LogP contribution in [0.3, 0.4) is 0 Å². The standard InChI is InChI=1S/C33H44O8S/c1-7-27(39-20-22-13-15-24(38-6)16-14-22)33(21-40-31(4,5)41-33)28(35)29(42(36,37)25-11-9-8-10-12-25)32-18-17-23(19-26(32)34)30(32,2)3/h7-16,23,26-29,34-35H,1,17-21H2,2-6H3/t23-,26-,27+,28-,29-,32+,33-/m0/s1. The fraction of sp³-hybridized carbons (Fsp3) is 0.576. The molecule has 5 rings (SSSR count). The predicted molar refractivity (Wildman–Crippen MR) is 159 cm³/mol. The van der Waals surface area contributed by atoms with E-state index in [4.69, 9.17) is 18.9 Å². The molecule has 2 aromatic carbocycles. The summed E-state index contributed by atoms with van der Waals surface area (Å²) in [5.74, 6) is -0.296. The summed E-state index contributed by atoms with van der Waals surface area (Å²) < 4.78 is 53.7. The fourth-order valence-corrected chi connectivity index (χ4v) is 10.5. The Morgan fingerprint density at radius 1 is 1.10 bits per heavy atom. The van der Waals surface area contributed by atoms with Crippen LogP contribution in [0.4, 0.5) is 0 Å². The third-order valence-corrected chi connectivity index (χ3v) is 12.6. The molecule has 1 saturated heterocycles. The highest BCUT2D eigenvalue weighted by molar-refractivity contribution is 7.92. The van der Waals surface area contributed by atoms with Crippen LogP contribution >= 0.6 is 0 Å². The molecule has 1 heterocycles. The molecule has 3 aliphatic rings. The van der Waals surface area contributed by atoms with Gasteiger partial charge in [0.05, 0.1) is 31.3 Å². The van der Waals surface area contributed by atoms with E-state index in [2.05, 4.69) is 6.58 Å². The van der Waals surface area contributed by atoms with E-state index < -0.39 is 55.6 Å². The lowest BCUT2D eigenvalue weighted by molar-refractivity contribution is -0.222. The molecule has 9 heteroatoms. The van der Waals surface area contributed by atoms with E-state index in [-0.39, 0.29) is 24.0 Å². The van der Waals surface area contributed by atoms with E-state index in [9.17, 15) is 18.6 Å². The van der Waals surface area contributed by atoms with Gasteiger partial charge in [0, 0.05) is 5.41 Å². The highest BCUT2D eigenvalue weighted by Crippen LogP contribution is 2.69. The van der Waals surface area contributed by atoms with Crippen LogP contribution in [-0.2, 0) is 30.7 Å². The van der Waals surface area contributed by atoms with Crippen LogP contribution in [0.25, 0.3) is 0 Å². The number of hydrogen-bond donors (Lipinski definition) is 2. The molecule has 8 nitrogen and oxygen atoms in total. The number of aliphatic hydroxyl groups excluding tert-OH is 2. The van der Waals surface area contributed by atoms with Gasteiger partial charge in [-0.15, -0.1) is 6.58 Å². The summed E-state index contributed by atoms with van der Waals surface area (Å²) in [6.07, 6.45) is -0.240. The third kappa shape index (κ3) is 4.82. The Labute approximate surface area is 249 Å². The Morgan fingerprint density at radius 3 is 2.26 bits per heavy atom. The second kappa shape index (κ2) is 11.0.